The number of thiophene rings is 1. The second-order valence-electron chi connectivity index (χ2n) is 12.0. The molecule has 47 heavy (non-hydrogen) atoms. The van der Waals surface area contributed by atoms with Gasteiger partial charge in [-0.1, -0.05) is 18.1 Å². The van der Waals surface area contributed by atoms with Crippen LogP contribution in [0.2, 0.25) is 0 Å². The summed E-state index contributed by atoms with van der Waals surface area (Å²) in [6.07, 6.45) is 1.28. The van der Waals surface area contributed by atoms with Gasteiger partial charge in [0.2, 0.25) is 0 Å². The average Bonchev–Trinajstić information content (AvgIpc) is 3.69. The molecule has 0 aliphatic carbocycles. The predicted octanol–water partition coefficient (Wildman–Crippen LogP) is 4.27. The van der Waals surface area contributed by atoms with Gasteiger partial charge in [-0.05, 0) is 76.6 Å². The molecule has 0 saturated heterocycles. The van der Waals surface area contributed by atoms with Gasteiger partial charge < -0.3 is 24.0 Å². The Morgan fingerprint density at radius 1 is 1.17 bits per heavy atom. The van der Waals surface area contributed by atoms with E-state index in [1.807, 2.05) is 13.8 Å². The predicted molar refractivity (Wildman–Crippen MR) is 178 cm³/mol. The second-order valence-corrected chi connectivity index (χ2v) is 16.8. The minimum Gasteiger partial charge on any atom is -0.490 e. The van der Waals surface area contributed by atoms with E-state index in [1.165, 1.54) is 42.2 Å². The van der Waals surface area contributed by atoms with Crippen LogP contribution in [0.25, 0.3) is 0 Å². The summed E-state index contributed by atoms with van der Waals surface area (Å²) in [7, 11) is -6.34. The number of aryl methyl sites for hydroxylation is 2. The van der Waals surface area contributed by atoms with Gasteiger partial charge in [-0.15, -0.1) is 11.3 Å². The van der Waals surface area contributed by atoms with E-state index in [4.69, 9.17) is 14.0 Å². The highest BCUT2D eigenvalue weighted by Gasteiger charge is 2.33. The molecule has 1 aliphatic heterocycles. The zero-order valence-electron chi connectivity index (χ0n) is 27.5. The topological polar surface area (TPSA) is 169 Å². The van der Waals surface area contributed by atoms with Crippen LogP contribution in [0.3, 0.4) is 0 Å². The van der Waals surface area contributed by atoms with Crippen molar-refractivity contribution in [2.45, 2.75) is 81.2 Å². The fraction of sp³-hybridized carbons (Fsp3) is 0.548. The summed E-state index contributed by atoms with van der Waals surface area (Å²) in [5, 5.41) is 15.6. The Kier molecular flexibility index (Phi) is 12.1. The van der Waals surface area contributed by atoms with Crippen LogP contribution in [-0.4, -0.2) is 93.8 Å². The number of hydrogen-bond donors (Lipinski definition) is 2. The summed E-state index contributed by atoms with van der Waals surface area (Å²) >= 11 is 1.14. The molecule has 0 fully saturated rings. The molecule has 2 aromatic heterocycles. The molecule has 4 atom stereocenters. The minimum atomic E-state index is -4.11. The lowest BCUT2D eigenvalue weighted by Crippen LogP contribution is -2.48. The molecular formula is C31H44N4O9S3. The van der Waals surface area contributed by atoms with Gasteiger partial charge in [0.15, 0.2) is 10.7 Å². The summed E-state index contributed by atoms with van der Waals surface area (Å²) in [6, 6.07) is 7.10. The summed E-state index contributed by atoms with van der Waals surface area (Å²) < 4.78 is 74.6. The number of aliphatic hydroxyl groups is 1. The van der Waals surface area contributed by atoms with Crippen molar-refractivity contribution in [2.75, 3.05) is 38.1 Å². The Labute approximate surface area is 280 Å². The first-order valence-corrected chi connectivity index (χ1v) is 19.3. The van der Waals surface area contributed by atoms with E-state index in [-0.39, 0.29) is 69.3 Å². The number of hydrogen-bond acceptors (Lipinski definition) is 11. The van der Waals surface area contributed by atoms with E-state index in [2.05, 4.69) is 9.88 Å². The molecule has 2 N–H and O–H groups in total. The van der Waals surface area contributed by atoms with Gasteiger partial charge in [0, 0.05) is 38.3 Å². The highest BCUT2D eigenvalue weighted by Crippen LogP contribution is 2.31. The number of likely N-dealkylation sites (N-methyl/N-ethyl adjacent to an activating group) is 1. The van der Waals surface area contributed by atoms with Crippen molar-refractivity contribution < 1.29 is 40.7 Å². The van der Waals surface area contributed by atoms with Crippen molar-refractivity contribution in [3.8, 4) is 5.75 Å². The molecule has 1 aromatic carbocycles. The highest BCUT2D eigenvalue weighted by atomic mass is 32.2. The maximum absolute atomic E-state index is 14.3. The smallest absolute Gasteiger partial charge is 0.267 e. The number of benzene rings is 1. The Morgan fingerprint density at radius 2 is 1.91 bits per heavy atom. The van der Waals surface area contributed by atoms with Gasteiger partial charge in [0.25, 0.3) is 26.0 Å². The first kappa shape index (κ1) is 36.8. The number of nitrogens with zero attached hydrogens (tertiary/aromatic N) is 3. The van der Waals surface area contributed by atoms with Gasteiger partial charge in [-0.25, -0.2) is 16.8 Å². The van der Waals surface area contributed by atoms with E-state index in [0.717, 1.165) is 17.8 Å². The largest absolute Gasteiger partial charge is 0.490 e. The Morgan fingerprint density at radius 3 is 2.55 bits per heavy atom. The molecule has 0 unspecified atom stereocenters. The van der Waals surface area contributed by atoms with Gasteiger partial charge in [-0.3, -0.25) is 9.52 Å². The molecule has 3 heterocycles. The van der Waals surface area contributed by atoms with Gasteiger partial charge in [-0.2, -0.15) is 4.31 Å². The third kappa shape index (κ3) is 8.72. The number of rotatable bonds is 9. The fourth-order valence-electron chi connectivity index (χ4n) is 5.43. The van der Waals surface area contributed by atoms with Crippen LogP contribution in [-0.2, 0) is 24.8 Å². The summed E-state index contributed by atoms with van der Waals surface area (Å²) in [4.78, 5) is 15.7. The molecule has 3 aromatic rings. The zero-order chi connectivity index (χ0) is 34.5. The molecule has 4 rings (SSSR count). The maximum atomic E-state index is 14.3. The number of aliphatic hydroxyl groups excluding tert-OH is 1. The SMILES string of the molecule is Cc1noc(C)c1S(=O)(=O)Nc1ccc2c(c1)C(=O)N([C@@H](C)CO)C[C@@H](C)[C@H](CN(C)S(=O)(=O)c1cccs1)OCCCC[C@@H](C)O2. The molecule has 0 saturated carbocycles. The van der Waals surface area contributed by atoms with Gasteiger partial charge >= 0.3 is 0 Å². The lowest BCUT2D eigenvalue weighted by atomic mass is 10.0. The Balaban J connectivity index is 1.69. The third-order valence-corrected chi connectivity index (χ3v) is 13.0. The van der Waals surface area contributed by atoms with Crippen molar-refractivity contribution in [3.05, 3.63) is 52.7 Å². The van der Waals surface area contributed by atoms with Crippen LogP contribution in [0.15, 0.2) is 49.3 Å². The van der Waals surface area contributed by atoms with E-state index >= 15 is 0 Å². The molecule has 13 nitrogen and oxygen atoms in total. The van der Waals surface area contributed by atoms with Crippen LogP contribution in [0.4, 0.5) is 5.69 Å². The second kappa shape index (κ2) is 15.5. The van der Waals surface area contributed by atoms with Crippen LogP contribution in [0.1, 0.15) is 61.8 Å². The highest BCUT2D eigenvalue weighted by molar-refractivity contribution is 7.92. The van der Waals surface area contributed by atoms with Crippen molar-refractivity contribution in [3.63, 3.8) is 0 Å². The number of anilines is 1. The molecule has 0 radical (unpaired) electrons. The normalized spacial score (nSPS) is 21.1. The minimum absolute atomic E-state index is 0.0562. The van der Waals surface area contributed by atoms with E-state index < -0.39 is 38.1 Å². The average molecular weight is 713 g/mol. The van der Waals surface area contributed by atoms with E-state index in [1.54, 1.807) is 30.5 Å². The van der Waals surface area contributed by atoms with Crippen molar-refractivity contribution in [2.24, 2.45) is 5.92 Å². The lowest BCUT2D eigenvalue weighted by Gasteiger charge is -2.35. The maximum Gasteiger partial charge on any atom is 0.267 e. The number of carbonyl (C=O) groups excluding carboxylic acids is 1. The van der Waals surface area contributed by atoms with Crippen LogP contribution in [0.5, 0.6) is 5.75 Å². The van der Waals surface area contributed by atoms with E-state index in [0.29, 0.717) is 19.4 Å². The van der Waals surface area contributed by atoms with Gasteiger partial charge in [0.1, 0.15) is 15.7 Å². The molecule has 16 heteroatoms. The van der Waals surface area contributed by atoms with Crippen molar-refractivity contribution in [1.29, 1.82) is 0 Å². The summed E-state index contributed by atoms with van der Waals surface area (Å²) in [6.45, 7) is 8.70. The number of carbonyl (C=O) groups is 1. The standard InChI is InChI=1S/C31H44N4O9S3/c1-20-17-35(21(2)19-36)31(37)26-16-25(33-46(38,39)30-23(4)32-44-24(30)5)12-13-27(26)43-22(3)10-7-8-14-42-28(20)18-34(6)47(40,41)29-11-9-15-45-29/h9,11-13,15-16,20-22,28,33,36H,7-8,10,14,17-19H2,1-6H3/t20-,21+,22-,28+/m1/s1. The molecular weight excluding hydrogens is 669 g/mol. The van der Waals surface area contributed by atoms with Gasteiger partial charge in [0.05, 0.1) is 30.4 Å². The number of ether oxygens (including phenoxy) is 2. The first-order valence-electron chi connectivity index (χ1n) is 15.4. The van der Waals surface area contributed by atoms with Crippen molar-refractivity contribution in [1.82, 2.24) is 14.4 Å². The number of aromatic nitrogens is 1. The van der Waals surface area contributed by atoms with Crippen LogP contribution < -0.4 is 9.46 Å². The zero-order valence-corrected chi connectivity index (χ0v) is 30.0. The first-order chi connectivity index (χ1) is 22.1. The van der Waals surface area contributed by atoms with Crippen molar-refractivity contribution >= 4 is 43.0 Å². The van der Waals surface area contributed by atoms with Crippen LogP contribution in [0, 0.1) is 19.8 Å². The number of amides is 1. The monoisotopic (exact) mass is 712 g/mol. The number of nitrogens with one attached hydrogen (secondary N) is 1. The molecule has 260 valence electrons. The molecule has 1 amide bonds. The quantitative estimate of drug-likeness (QED) is 0.327. The Hall–Kier alpha value is -3.02. The Bertz CT molecular complexity index is 1710. The summed E-state index contributed by atoms with van der Waals surface area (Å²) in [5.74, 6) is -0.447. The third-order valence-electron chi connectivity index (χ3n) is 8.14. The molecule has 0 spiro atoms. The molecule has 0 bridgehead atoms. The fourth-order valence-corrected chi connectivity index (χ4v) is 9.19. The van der Waals surface area contributed by atoms with E-state index in [9.17, 15) is 26.7 Å². The molecule has 1 aliphatic rings. The number of fused-ring (bicyclic) bond motifs is 1. The number of sulfonamides is 2. The summed E-state index contributed by atoms with van der Waals surface area (Å²) in [5.41, 5.74) is 0.431. The van der Waals surface area contributed by atoms with Crippen LogP contribution >= 0.6 is 11.3 Å². The lowest BCUT2D eigenvalue weighted by molar-refractivity contribution is -0.00832.